The topological polar surface area (TPSA) is 43.2 Å². The van der Waals surface area contributed by atoms with Gasteiger partial charge < -0.3 is 4.74 Å². The van der Waals surface area contributed by atoms with Crippen LogP contribution in [0.3, 0.4) is 0 Å². The molecule has 3 rings (SSSR count). The van der Waals surface area contributed by atoms with Crippen molar-refractivity contribution >= 4 is 11.3 Å². The van der Waals surface area contributed by atoms with Crippen molar-refractivity contribution in [1.82, 2.24) is 19.9 Å². The Morgan fingerprint density at radius 3 is 3.10 bits per heavy atom. The SMILES string of the molecule is CCn1nnc2c1[C@H](COC)CN(Cc1cccs1)C2. The Morgan fingerprint density at radius 2 is 2.40 bits per heavy atom. The first-order valence-electron chi connectivity index (χ1n) is 6.97. The summed E-state index contributed by atoms with van der Waals surface area (Å²) in [4.78, 5) is 3.83. The molecule has 1 atom stereocenters. The molecule has 0 aliphatic carbocycles. The maximum Gasteiger partial charge on any atom is 0.100 e. The van der Waals surface area contributed by atoms with Crippen LogP contribution in [-0.2, 0) is 24.4 Å². The Kier molecular flexibility index (Phi) is 4.14. The van der Waals surface area contributed by atoms with Crippen molar-refractivity contribution in [2.24, 2.45) is 0 Å². The molecule has 0 saturated heterocycles. The van der Waals surface area contributed by atoms with Crippen molar-refractivity contribution in [3.05, 3.63) is 33.8 Å². The molecule has 20 heavy (non-hydrogen) atoms. The van der Waals surface area contributed by atoms with E-state index in [0.29, 0.717) is 5.92 Å². The van der Waals surface area contributed by atoms with Gasteiger partial charge in [-0.1, -0.05) is 11.3 Å². The largest absolute Gasteiger partial charge is 0.384 e. The average molecular weight is 292 g/mol. The number of aryl methyl sites for hydroxylation is 1. The molecule has 5 nitrogen and oxygen atoms in total. The van der Waals surface area contributed by atoms with Crippen LogP contribution in [-0.4, -0.2) is 40.2 Å². The number of methoxy groups -OCH3 is 1. The third kappa shape index (κ3) is 2.63. The van der Waals surface area contributed by atoms with Crippen LogP contribution in [0.2, 0.25) is 0 Å². The summed E-state index contributed by atoms with van der Waals surface area (Å²) in [6.45, 7) is 6.57. The number of ether oxygens (including phenoxy) is 1. The lowest BCUT2D eigenvalue weighted by molar-refractivity contribution is 0.132. The van der Waals surface area contributed by atoms with Crippen LogP contribution in [0.15, 0.2) is 17.5 Å². The van der Waals surface area contributed by atoms with Gasteiger partial charge in [0.05, 0.1) is 12.3 Å². The van der Waals surface area contributed by atoms with Crippen LogP contribution >= 0.6 is 11.3 Å². The van der Waals surface area contributed by atoms with Crippen LogP contribution in [0.4, 0.5) is 0 Å². The van der Waals surface area contributed by atoms with Gasteiger partial charge in [0.1, 0.15) is 5.69 Å². The standard InChI is InChI=1S/C14H20N4OS/c1-3-18-14-11(10-19-2)7-17(9-13(14)15-16-18)8-12-5-4-6-20-12/h4-6,11H,3,7-10H2,1-2H3/t11-/m0/s1. The number of aromatic nitrogens is 3. The van der Waals surface area contributed by atoms with Crippen molar-refractivity contribution in [1.29, 1.82) is 0 Å². The van der Waals surface area contributed by atoms with Crippen molar-refractivity contribution < 1.29 is 4.74 Å². The second-order valence-corrected chi connectivity index (χ2v) is 6.17. The fraction of sp³-hybridized carbons (Fsp3) is 0.571. The fourth-order valence-corrected chi connectivity index (χ4v) is 3.65. The molecule has 3 heterocycles. The molecule has 0 saturated carbocycles. The molecule has 0 aromatic carbocycles. The monoisotopic (exact) mass is 292 g/mol. The van der Waals surface area contributed by atoms with Crippen molar-refractivity contribution in [2.45, 2.75) is 32.5 Å². The summed E-state index contributed by atoms with van der Waals surface area (Å²) >= 11 is 1.81. The highest BCUT2D eigenvalue weighted by atomic mass is 32.1. The van der Waals surface area contributed by atoms with E-state index in [1.54, 1.807) is 7.11 Å². The van der Waals surface area contributed by atoms with Gasteiger partial charge in [-0.2, -0.15) is 0 Å². The minimum Gasteiger partial charge on any atom is -0.384 e. The Hall–Kier alpha value is -1.24. The van der Waals surface area contributed by atoms with Gasteiger partial charge in [-0.15, -0.1) is 16.4 Å². The number of nitrogens with zero attached hydrogens (tertiary/aromatic N) is 4. The van der Waals surface area contributed by atoms with Crippen LogP contribution in [0.5, 0.6) is 0 Å². The predicted molar refractivity (Wildman–Crippen MR) is 78.7 cm³/mol. The number of fused-ring (bicyclic) bond motifs is 1. The average Bonchev–Trinajstić information content (AvgIpc) is 3.08. The molecule has 0 bridgehead atoms. The molecule has 1 aliphatic heterocycles. The lowest BCUT2D eigenvalue weighted by atomic mass is 9.99. The quantitative estimate of drug-likeness (QED) is 0.846. The molecule has 0 amide bonds. The Balaban J connectivity index is 1.81. The van der Waals surface area contributed by atoms with Gasteiger partial charge in [-0.05, 0) is 18.4 Å². The molecule has 108 valence electrons. The predicted octanol–water partition coefficient (Wildman–Crippen LogP) is 2.11. The minimum absolute atomic E-state index is 0.360. The van der Waals surface area contributed by atoms with E-state index < -0.39 is 0 Å². The number of hydrogen-bond donors (Lipinski definition) is 0. The molecule has 2 aromatic rings. The number of rotatable bonds is 5. The first-order chi connectivity index (χ1) is 9.81. The van der Waals surface area contributed by atoms with Crippen molar-refractivity contribution in [2.75, 3.05) is 20.3 Å². The maximum atomic E-state index is 5.40. The molecule has 0 radical (unpaired) electrons. The lowest BCUT2D eigenvalue weighted by Gasteiger charge is -2.31. The van der Waals surface area contributed by atoms with E-state index in [4.69, 9.17) is 4.74 Å². The first kappa shape index (κ1) is 13.7. The van der Waals surface area contributed by atoms with Crippen LogP contribution in [0.25, 0.3) is 0 Å². The highest BCUT2D eigenvalue weighted by Crippen LogP contribution is 2.28. The van der Waals surface area contributed by atoms with Crippen LogP contribution in [0.1, 0.15) is 29.1 Å². The van der Waals surface area contributed by atoms with Crippen LogP contribution in [0, 0.1) is 0 Å². The summed E-state index contributed by atoms with van der Waals surface area (Å²) in [5, 5.41) is 10.8. The molecule has 0 spiro atoms. The smallest absolute Gasteiger partial charge is 0.100 e. The normalized spacial score (nSPS) is 19.2. The van der Waals surface area contributed by atoms with Crippen LogP contribution < -0.4 is 0 Å². The summed E-state index contributed by atoms with van der Waals surface area (Å²) in [6, 6.07) is 4.30. The zero-order chi connectivity index (χ0) is 13.9. The zero-order valence-electron chi connectivity index (χ0n) is 12.0. The Morgan fingerprint density at radius 1 is 1.50 bits per heavy atom. The summed E-state index contributed by atoms with van der Waals surface area (Å²) < 4.78 is 7.41. The zero-order valence-corrected chi connectivity index (χ0v) is 12.8. The van der Waals surface area contributed by atoms with E-state index in [9.17, 15) is 0 Å². The molecule has 0 unspecified atom stereocenters. The molecule has 2 aromatic heterocycles. The highest BCUT2D eigenvalue weighted by Gasteiger charge is 2.30. The van der Waals surface area contributed by atoms with Crippen molar-refractivity contribution in [3.8, 4) is 0 Å². The minimum atomic E-state index is 0.360. The van der Waals surface area contributed by atoms with E-state index in [0.717, 1.165) is 38.5 Å². The van der Waals surface area contributed by atoms with E-state index in [1.165, 1.54) is 10.6 Å². The molecular weight excluding hydrogens is 272 g/mol. The summed E-state index contributed by atoms with van der Waals surface area (Å²) in [5.41, 5.74) is 2.37. The van der Waals surface area contributed by atoms with Crippen molar-refractivity contribution in [3.63, 3.8) is 0 Å². The fourth-order valence-electron chi connectivity index (χ4n) is 2.90. The molecule has 6 heteroatoms. The second kappa shape index (κ2) is 6.03. The Bertz CT molecular complexity index is 552. The van der Waals surface area contributed by atoms with Gasteiger partial charge in [0.25, 0.3) is 0 Å². The third-order valence-electron chi connectivity index (χ3n) is 3.71. The highest BCUT2D eigenvalue weighted by molar-refractivity contribution is 7.09. The summed E-state index contributed by atoms with van der Waals surface area (Å²) in [7, 11) is 1.76. The first-order valence-corrected chi connectivity index (χ1v) is 7.85. The van der Waals surface area contributed by atoms with Gasteiger partial charge in [0, 0.05) is 44.1 Å². The van der Waals surface area contributed by atoms with Gasteiger partial charge in [-0.3, -0.25) is 4.90 Å². The lowest BCUT2D eigenvalue weighted by Crippen LogP contribution is -2.35. The van der Waals surface area contributed by atoms with E-state index in [2.05, 4.69) is 39.6 Å². The van der Waals surface area contributed by atoms with E-state index >= 15 is 0 Å². The number of hydrogen-bond acceptors (Lipinski definition) is 5. The van der Waals surface area contributed by atoms with E-state index in [-0.39, 0.29) is 0 Å². The molecule has 0 N–H and O–H groups in total. The molecular formula is C14H20N4OS. The third-order valence-corrected chi connectivity index (χ3v) is 4.57. The van der Waals surface area contributed by atoms with E-state index in [1.807, 2.05) is 16.0 Å². The van der Waals surface area contributed by atoms with Gasteiger partial charge in [0.15, 0.2) is 0 Å². The number of thiophene rings is 1. The second-order valence-electron chi connectivity index (χ2n) is 5.14. The maximum absolute atomic E-state index is 5.40. The molecule has 1 aliphatic rings. The van der Waals surface area contributed by atoms with Gasteiger partial charge in [0.2, 0.25) is 0 Å². The van der Waals surface area contributed by atoms with Gasteiger partial charge >= 0.3 is 0 Å². The Labute approximate surface area is 123 Å². The van der Waals surface area contributed by atoms with Gasteiger partial charge in [-0.25, -0.2) is 4.68 Å². The molecule has 0 fully saturated rings. The summed E-state index contributed by atoms with van der Waals surface area (Å²) in [5.74, 6) is 0.360. The summed E-state index contributed by atoms with van der Waals surface area (Å²) in [6.07, 6.45) is 0.